The number of aryl methyl sites for hydroxylation is 1. The highest BCUT2D eigenvalue weighted by Gasteiger charge is 2.21. The first-order chi connectivity index (χ1) is 8.81. The number of hydrogen-bond acceptors (Lipinski definition) is 3. The lowest BCUT2D eigenvalue weighted by Gasteiger charge is -2.18. The molecule has 7 heteroatoms. The minimum absolute atomic E-state index is 0.199. The van der Waals surface area contributed by atoms with Crippen molar-refractivity contribution in [2.75, 3.05) is 13.1 Å². The molecule has 0 spiro atoms. The molecule has 1 aromatic carbocycles. The van der Waals surface area contributed by atoms with Gasteiger partial charge in [0.1, 0.15) is 13.1 Å². The molecule has 0 atom stereocenters. The van der Waals surface area contributed by atoms with E-state index in [1.54, 1.807) is 6.92 Å². The van der Waals surface area contributed by atoms with Gasteiger partial charge < -0.3 is 15.1 Å². The van der Waals surface area contributed by atoms with Crippen LogP contribution in [0.4, 0.5) is 0 Å². The Labute approximate surface area is 114 Å². The summed E-state index contributed by atoms with van der Waals surface area (Å²) in [5.74, 6) is -3.22. The third-order valence-electron chi connectivity index (χ3n) is 2.34. The van der Waals surface area contributed by atoms with Gasteiger partial charge >= 0.3 is 11.9 Å². The molecule has 102 valence electrons. The zero-order chi connectivity index (χ0) is 14.6. The molecule has 0 bridgehead atoms. The van der Waals surface area contributed by atoms with Crippen LogP contribution >= 0.6 is 11.6 Å². The maximum Gasteiger partial charge on any atom is 0.323 e. The van der Waals surface area contributed by atoms with Crippen molar-refractivity contribution in [2.45, 2.75) is 6.92 Å². The highest BCUT2D eigenvalue weighted by molar-refractivity contribution is 6.31. The lowest BCUT2D eigenvalue weighted by atomic mass is 10.1. The fraction of sp³-hybridized carbons (Fsp3) is 0.250. The Bertz CT molecular complexity index is 513. The number of carbonyl (C=O) groups excluding carboxylic acids is 1. The van der Waals surface area contributed by atoms with Crippen molar-refractivity contribution in [3.8, 4) is 0 Å². The fourth-order valence-electron chi connectivity index (χ4n) is 1.49. The number of hydrogen-bond donors (Lipinski definition) is 2. The highest BCUT2D eigenvalue weighted by Crippen LogP contribution is 2.17. The number of benzene rings is 1. The minimum atomic E-state index is -1.28. The van der Waals surface area contributed by atoms with Crippen LogP contribution in [0.1, 0.15) is 15.9 Å². The molecule has 0 heterocycles. The van der Waals surface area contributed by atoms with Gasteiger partial charge in [0.05, 0.1) is 0 Å². The molecule has 0 saturated heterocycles. The molecule has 0 unspecified atom stereocenters. The number of carbonyl (C=O) groups is 3. The summed E-state index contributed by atoms with van der Waals surface area (Å²) in [6.45, 7) is 0.345. The summed E-state index contributed by atoms with van der Waals surface area (Å²) in [5, 5.41) is 17.8. The van der Waals surface area contributed by atoms with Crippen LogP contribution in [0.2, 0.25) is 5.02 Å². The Hall–Kier alpha value is -2.08. The molecule has 0 radical (unpaired) electrons. The molecular formula is C12H12ClNO5. The van der Waals surface area contributed by atoms with Crippen molar-refractivity contribution in [1.29, 1.82) is 0 Å². The van der Waals surface area contributed by atoms with Gasteiger partial charge in [0.2, 0.25) is 0 Å². The summed E-state index contributed by atoms with van der Waals surface area (Å²) >= 11 is 5.82. The molecule has 0 aliphatic rings. The van der Waals surface area contributed by atoms with E-state index in [2.05, 4.69) is 0 Å². The van der Waals surface area contributed by atoms with Crippen molar-refractivity contribution >= 4 is 29.4 Å². The van der Waals surface area contributed by atoms with E-state index in [9.17, 15) is 14.4 Å². The monoisotopic (exact) mass is 285 g/mol. The lowest BCUT2D eigenvalue weighted by Crippen LogP contribution is -2.39. The van der Waals surface area contributed by atoms with Gasteiger partial charge in [-0.25, -0.2) is 0 Å². The van der Waals surface area contributed by atoms with Crippen LogP contribution < -0.4 is 0 Å². The number of carboxylic acids is 2. The Balaban J connectivity index is 3.00. The Morgan fingerprint density at radius 2 is 1.68 bits per heavy atom. The molecule has 0 aliphatic carbocycles. The van der Waals surface area contributed by atoms with Gasteiger partial charge in [0.15, 0.2) is 0 Å². The predicted molar refractivity (Wildman–Crippen MR) is 67.4 cm³/mol. The average molecular weight is 286 g/mol. The third-order valence-corrected chi connectivity index (χ3v) is 2.77. The summed E-state index contributed by atoms with van der Waals surface area (Å²) in [4.78, 5) is 34.1. The predicted octanol–water partition coefficient (Wildman–Crippen LogP) is 1.26. The van der Waals surface area contributed by atoms with Crippen LogP contribution in [0.25, 0.3) is 0 Å². The van der Waals surface area contributed by atoms with Gasteiger partial charge in [-0.2, -0.15) is 0 Å². The van der Waals surface area contributed by atoms with Crippen LogP contribution in [0.5, 0.6) is 0 Å². The number of aliphatic carboxylic acids is 2. The molecule has 0 aromatic heterocycles. The van der Waals surface area contributed by atoms with Gasteiger partial charge in [-0.3, -0.25) is 14.4 Å². The van der Waals surface area contributed by atoms with Crippen LogP contribution in [-0.4, -0.2) is 46.0 Å². The van der Waals surface area contributed by atoms with Gasteiger partial charge in [0, 0.05) is 10.6 Å². The first kappa shape index (κ1) is 15.0. The normalized spacial score (nSPS) is 10.0. The average Bonchev–Trinajstić information content (AvgIpc) is 2.29. The van der Waals surface area contributed by atoms with E-state index in [1.807, 2.05) is 0 Å². The molecule has 0 fully saturated rings. The van der Waals surface area contributed by atoms with Crippen LogP contribution in [0, 0.1) is 6.92 Å². The lowest BCUT2D eigenvalue weighted by molar-refractivity contribution is -0.140. The summed E-state index contributed by atoms with van der Waals surface area (Å²) in [6.07, 6.45) is 0. The van der Waals surface area contributed by atoms with Crippen LogP contribution in [0.15, 0.2) is 18.2 Å². The van der Waals surface area contributed by atoms with Gasteiger partial charge in [0.25, 0.3) is 5.91 Å². The second kappa shape index (κ2) is 6.19. The third kappa shape index (κ3) is 4.26. The molecule has 19 heavy (non-hydrogen) atoms. The highest BCUT2D eigenvalue weighted by atomic mass is 35.5. The van der Waals surface area contributed by atoms with Crippen molar-refractivity contribution < 1.29 is 24.6 Å². The number of halogens is 1. The first-order valence-corrected chi connectivity index (χ1v) is 5.68. The maximum atomic E-state index is 12.0. The van der Waals surface area contributed by atoms with Gasteiger partial charge in [-0.05, 0) is 30.7 Å². The van der Waals surface area contributed by atoms with Crippen molar-refractivity contribution in [3.05, 3.63) is 34.3 Å². The number of carboxylic acid groups (broad SMARTS) is 2. The number of nitrogens with zero attached hydrogens (tertiary/aromatic N) is 1. The van der Waals surface area contributed by atoms with E-state index in [0.29, 0.717) is 10.6 Å². The van der Waals surface area contributed by atoms with E-state index in [0.717, 1.165) is 4.90 Å². The van der Waals surface area contributed by atoms with Crippen molar-refractivity contribution in [1.82, 2.24) is 4.90 Å². The van der Waals surface area contributed by atoms with Gasteiger partial charge in [-0.15, -0.1) is 0 Å². The second-order valence-electron chi connectivity index (χ2n) is 3.91. The van der Waals surface area contributed by atoms with Crippen molar-refractivity contribution in [3.63, 3.8) is 0 Å². The minimum Gasteiger partial charge on any atom is -0.480 e. The zero-order valence-electron chi connectivity index (χ0n) is 10.1. The van der Waals surface area contributed by atoms with E-state index in [4.69, 9.17) is 21.8 Å². The van der Waals surface area contributed by atoms with E-state index >= 15 is 0 Å². The van der Waals surface area contributed by atoms with E-state index in [1.165, 1.54) is 18.2 Å². The SMILES string of the molecule is Cc1cc(C(=O)N(CC(=O)O)CC(=O)O)ccc1Cl. The molecule has 1 rings (SSSR count). The van der Waals surface area contributed by atoms with E-state index in [-0.39, 0.29) is 5.56 Å². The quantitative estimate of drug-likeness (QED) is 0.849. The second-order valence-corrected chi connectivity index (χ2v) is 4.32. The maximum absolute atomic E-state index is 12.0. The Morgan fingerprint density at radius 3 is 2.11 bits per heavy atom. The first-order valence-electron chi connectivity index (χ1n) is 5.30. The van der Waals surface area contributed by atoms with E-state index < -0.39 is 30.9 Å². The Kier molecular flexibility index (Phi) is 4.88. The smallest absolute Gasteiger partial charge is 0.323 e. The van der Waals surface area contributed by atoms with Crippen LogP contribution in [0.3, 0.4) is 0 Å². The summed E-state index contributed by atoms with van der Waals surface area (Å²) in [6, 6.07) is 4.42. The largest absolute Gasteiger partial charge is 0.480 e. The zero-order valence-corrected chi connectivity index (χ0v) is 10.8. The topological polar surface area (TPSA) is 94.9 Å². The summed E-state index contributed by atoms with van der Waals surface area (Å²) in [5.41, 5.74) is 0.850. The number of rotatable bonds is 5. The molecule has 2 N–H and O–H groups in total. The number of amides is 1. The van der Waals surface area contributed by atoms with Crippen molar-refractivity contribution in [2.24, 2.45) is 0 Å². The fourth-order valence-corrected chi connectivity index (χ4v) is 1.60. The molecule has 6 nitrogen and oxygen atoms in total. The van der Waals surface area contributed by atoms with Crippen LogP contribution in [-0.2, 0) is 9.59 Å². The molecule has 0 aliphatic heterocycles. The molecule has 0 saturated carbocycles. The summed E-state index contributed by atoms with van der Waals surface area (Å²) < 4.78 is 0. The molecule has 1 amide bonds. The summed E-state index contributed by atoms with van der Waals surface area (Å²) in [7, 11) is 0. The molecule has 1 aromatic rings. The van der Waals surface area contributed by atoms with Gasteiger partial charge in [-0.1, -0.05) is 11.6 Å². The molecular weight excluding hydrogens is 274 g/mol. The standard InChI is InChI=1S/C12H12ClNO5/c1-7-4-8(2-3-9(7)13)12(19)14(5-10(15)16)6-11(17)18/h2-4H,5-6H2,1H3,(H,15,16)(H,17,18). The Morgan fingerprint density at radius 1 is 1.16 bits per heavy atom.